The second kappa shape index (κ2) is 14.5. The molecule has 11 N–H and O–H groups in total. The number of nitrogens with two attached hydrogens (primary N) is 3. The van der Waals surface area contributed by atoms with Gasteiger partial charge in [-0.1, -0.05) is 12.1 Å². The summed E-state index contributed by atoms with van der Waals surface area (Å²) in [5.41, 5.74) is 16.3. The molecule has 0 saturated carbocycles. The number of aliphatic carboxylic acids is 1. The van der Waals surface area contributed by atoms with Crippen LogP contribution in [0.25, 0.3) is 0 Å². The topological polar surface area (TPSA) is 257 Å². The lowest BCUT2D eigenvalue weighted by atomic mass is 10.0. The van der Waals surface area contributed by atoms with Gasteiger partial charge in [0.05, 0.1) is 12.5 Å². The van der Waals surface area contributed by atoms with E-state index in [-0.39, 0.29) is 30.8 Å². The van der Waals surface area contributed by atoms with E-state index in [1.807, 2.05) is 0 Å². The average molecular weight is 527 g/mol. The predicted molar refractivity (Wildman–Crippen MR) is 129 cm³/mol. The number of amides is 5. The minimum Gasteiger partial charge on any atom is -0.508 e. The van der Waals surface area contributed by atoms with Crippen LogP contribution in [0.1, 0.15) is 24.8 Å². The van der Waals surface area contributed by atoms with Crippen molar-refractivity contribution in [3.05, 3.63) is 29.8 Å². The highest BCUT2D eigenvalue weighted by molar-refractivity contribution is 7.80. The molecule has 0 fully saturated rings. The Morgan fingerprint density at radius 1 is 0.833 bits per heavy atom. The highest BCUT2D eigenvalue weighted by Gasteiger charge is 2.31. The summed E-state index contributed by atoms with van der Waals surface area (Å²) in [4.78, 5) is 72.1. The zero-order chi connectivity index (χ0) is 27.4. The summed E-state index contributed by atoms with van der Waals surface area (Å²) in [6.45, 7) is 0. The Balaban J connectivity index is 3.16. The van der Waals surface area contributed by atoms with E-state index in [1.165, 1.54) is 24.3 Å². The van der Waals surface area contributed by atoms with E-state index in [9.17, 15) is 39.0 Å². The number of hydrogen-bond acceptors (Lipinski definition) is 9. The lowest BCUT2D eigenvalue weighted by Crippen LogP contribution is -2.58. The number of carbonyl (C=O) groups excluding carboxylic acids is 5. The highest BCUT2D eigenvalue weighted by atomic mass is 32.1. The number of phenolic OH excluding ortho intramolecular Hbond substituents is 1. The molecule has 0 saturated heterocycles. The van der Waals surface area contributed by atoms with E-state index in [2.05, 4.69) is 28.6 Å². The van der Waals surface area contributed by atoms with E-state index in [1.54, 1.807) is 0 Å². The van der Waals surface area contributed by atoms with Crippen LogP contribution < -0.4 is 33.2 Å². The number of nitrogens with one attached hydrogen (secondary N) is 3. The molecular formula is C21H30N6O8S. The molecule has 4 atom stereocenters. The third-order valence-electron chi connectivity index (χ3n) is 4.87. The van der Waals surface area contributed by atoms with Crippen molar-refractivity contribution in [1.29, 1.82) is 0 Å². The van der Waals surface area contributed by atoms with Crippen molar-refractivity contribution in [2.75, 3.05) is 5.75 Å². The number of primary amides is 2. The van der Waals surface area contributed by atoms with Crippen molar-refractivity contribution in [1.82, 2.24) is 16.0 Å². The molecule has 36 heavy (non-hydrogen) atoms. The molecule has 14 nitrogen and oxygen atoms in total. The maximum Gasteiger partial charge on any atom is 0.326 e. The fraction of sp³-hybridized carbons (Fsp3) is 0.429. The summed E-state index contributed by atoms with van der Waals surface area (Å²) >= 11 is 3.90. The molecule has 1 aromatic rings. The number of aromatic hydroxyl groups is 1. The van der Waals surface area contributed by atoms with Crippen molar-refractivity contribution >= 4 is 48.1 Å². The number of benzene rings is 1. The Bertz CT molecular complexity index is 974. The van der Waals surface area contributed by atoms with Gasteiger partial charge in [0.1, 0.15) is 23.9 Å². The van der Waals surface area contributed by atoms with Crippen molar-refractivity contribution in [2.45, 2.75) is 49.9 Å². The number of hydrogen-bond donors (Lipinski definition) is 9. The first-order chi connectivity index (χ1) is 16.8. The van der Waals surface area contributed by atoms with Crippen LogP contribution in [0.5, 0.6) is 5.75 Å². The van der Waals surface area contributed by atoms with Gasteiger partial charge in [0.15, 0.2) is 0 Å². The first-order valence-electron chi connectivity index (χ1n) is 10.7. The van der Waals surface area contributed by atoms with Crippen LogP contribution >= 0.6 is 12.6 Å². The van der Waals surface area contributed by atoms with Gasteiger partial charge in [-0.25, -0.2) is 4.79 Å². The molecule has 0 radical (unpaired) electrons. The van der Waals surface area contributed by atoms with Crippen molar-refractivity contribution < 1.29 is 39.0 Å². The van der Waals surface area contributed by atoms with Gasteiger partial charge in [0.2, 0.25) is 29.5 Å². The Morgan fingerprint density at radius 3 is 1.86 bits per heavy atom. The third-order valence-corrected chi connectivity index (χ3v) is 5.27. The highest BCUT2D eigenvalue weighted by Crippen LogP contribution is 2.12. The largest absolute Gasteiger partial charge is 0.508 e. The standard InChI is InChI=1S/C21H30N6O8S/c22-12(9-36)18(31)26-15(8-17(24)30)20(33)27-14(7-10-1-3-11(28)4-2-10)19(32)25-13(21(34)35)5-6-16(23)29/h1-4,12-15,28,36H,5-9,22H2,(H2,23,29)(H2,24,30)(H,25,32)(H,26,31)(H,27,33)(H,34,35). The van der Waals surface area contributed by atoms with E-state index in [0.29, 0.717) is 5.56 Å². The van der Waals surface area contributed by atoms with Gasteiger partial charge >= 0.3 is 5.97 Å². The molecule has 1 rings (SSSR count). The molecule has 0 aliphatic heterocycles. The monoisotopic (exact) mass is 526 g/mol. The van der Waals surface area contributed by atoms with Crippen LogP contribution in [0.3, 0.4) is 0 Å². The molecule has 15 heteroatoms. The number of carboxylic acids is 1. The minimum atomic E-state index is -1.49. The smallest absolute Gasteiger partial charge is 0.326 e. The normalized spacial score (nSPS) is 13.9. The van der Waals surface area contributed by atoms with Gasteiger partial charge in [0.25, 0.3) is 0 Å². The molecule has 198 valence electrons. The quantitative estimate of drug-likeness (QED) is 0.105. The Labute approximate surface area is 211 Å². The molecule has 5 amide bonds. The zero-order valence-corrected chi connectivity index (χ0v) is 20.1. The second-order valence-electron chi connectivity index (χ2n) is 7.86. The minimum absolute atomic E-state index is 0.0501. The molecule has 0 spiro atoms. The first-order valence-corrected chi connectivity index (χ1v) is 11.3. The average Bonchev–Trinajstić information content (AvgIpc) is 2.80. The van der Waals surface area contributed by atoms with E-state index >= 15 is 0 Å². The molecule has 0 heterocycles. The second-order valence-corrected chi connectivity index (χ2v) is 8.22. The predicted octanol–water partition coefficient (Wildman–Crippen LogP) is -3.13. The first kappa shape index (κ1) is 30.2. The number of phenols is 1. The number of rotatable bonds is 15. The molecule has 1 aromatic carbocycles. The van der Waals surface area contributed by atoms with Crippen LogP contribution in [0, 0.1) is 0 Å². The lowest BCUT2D eigenvalue weighted by molar-refractivity contribution is -0.142. The van der Waals surface area contributed by atoms with Crippen LogP contribution in [-0.2, 0) is 35.2 Å². The maximum absolute atomic E-state index is 13.0. The van der Waals surface area contributed by atoms with Crippen LogP contribution in [0.2, 0.25) is 0 Å². The van der Waals surface area contributed by atoms with Crippen LogP contribution in [-0.4, -0.2) is 75.6 Å². The van der Waals surface area contributed by atoms with E-state index in [4.69, 9.17) is 17.2 Å². The summed E-state index contributed by atoms with van der Waals surface area (Å²) in [6, 6.07) is 0.176. The summed E-state index contributed by atoms with van der Waals surface area (Å²) in [6.07, 6.45) is -1.38. The van der Waals surface area contributed by atoms with Gasteiger partial charge in [0, 0.05) is 18.6 Å². The van der Waals surface area contributed by atoms with Crippen LogP contribution in [0.4, 0.5) is 0 Å². The molecule has 0 aliphatic rings. The van der Waals surface area contributed by atoms with E-state index < -0.39 is 66.1 Å². The summed E-state index contributed by atoms with van der Waals surface area (Å²) in [5.74, 6) is -5.90. The van der Waals surface area contributed by atoms with Crippen LogP contribution in [0.15, 0.2) is 24.3 Å². The van der Waals surface area contributed by atoms with Gasteiger partial charge < -0.3 is 43.4 Å². The van der Waals surface area contributed by atoms with Crippen molar-refractivity contribution in [3.8, 4) is 5.75 Å². The summed E-state index contributed by atoms with van der Waals surface area (Å²) in [7, 11) is 0. The Kier molecular flexibility index (Phi) is 12.2. The number of thiol groups is 1. The fourth-order valence-corrected chi connectivity index (χ4v) is 3.10. The summed E-state index contributed by atoms with van der Waals surface area (Å²) in [5, 5.41) is 25.7. The van der Waals surface area contributed by atoms with Gasteiger partial charge in [-0.05, 0) is 24.1 Å². The SMILES string of the molecule is NC(=O)CCC(NC(=O)C(Cc1ccc(O)cc1)NC(=O)C(CC(N)=O)NC(=O)C(N)CS)C(=O)O. The van der Waals surface area contributed by atoms with Gasteiger partial charge in [-0.2, -0.15) is 12.6 Å². The Morgan fingerprint density at radius 2 is 1.36 bits per heavy atom. The molecular weight excluding hydrogens is 496 g/mol. The van der Waals surface area contributed by atoms with Crippen molar-refractivity contribution in [3.63, 3.8) is 0 Å². The molecule has 0 aliphatic carbocycles. The Hall–Kier alpha value is -3.85. The molecule has 0 aromatic heterocycles. The summed E-state index contributed by atoms with van der Waals surface area (Å²) < 4.78 is 0. The van der Waals surface area contributed by atoms with E-state index in [0.717, 1.165) is 0 Å². The van der Waals surface area contributed by atoms with Crippen molar-refractivity contribution in [2.24, 2.45) is 17.2 Å². The van der Waals surface area contributed by atoms with Gasteiger partial charge in [-0.3, -0.25) is 24.0 Å². The molecule has 4 unspecified atom stereocenters. The number of carboxylic acid groups (broad SMARTS) is 1. The molecule has 0 bridgehead atoms. The number of carbonyl (C=O) groups is 6. The lowest BCUT2D eigenvalue weighted by Gasteiger charge is -2.25. The third kappa shape index (κ3) is 10.6. The maximum atomic E-state index is 13.0. The van der Waals surface area contributed by atoms with Gasteiger partial charge in [-0.15, -0.1) is 0 Å². The fourth-order valence-electron chi connectivity index (χ4n) is 2.94. The zero-order valence-electron chi connectivity index (χ0n) is 19.2.